The molecule has 9 heteroatoms. The molecule has 0 atom stereocenters. The van der Waals surface area contributed by atoms with Crippen molar-refractivity contribution >= 4 is 41.0 Å². The molecule has 3 N–H and O–H groups in total. The van der Waals surface area contributed by atoms with Crippen LogP contribution >= 0.6 is 23.1 Å². The lowest BCUT2D eigenvalue weighted by Gasteiger charge is -2.20. The number of hydrogen-bond acceptors (Lipinski definition) is 6. The smallest absolute Gasteiger partial charge is 0.321 e. The fourth-order valence-electron chi connectivity index (χ4n) is 1.25. The van der Waals surface area contributed by atoms with Gasteiger partial charge in [-0.05, 0) is 20.8 Å². The maximum Gasteiger partial charge on any atom is 0.321 e. The lowest BCUT2D eigenvalue weighted by Crippen LogP contribution is -2.48. The molecule has 0 spiro atoms. The van der Waals surface area contributed by atoms with E-state index < -0.39 is 23.4 Å². The lowest BCUT2D eigenvalue weighted by atomic mass is 10.1. The van der Waals surface area contributed by atoms with E-state index >= 15 is 0 Å². The third-order valence-corrected chi connectivity index (χ3v) is 4.00. The predicted molar refractivity (Wildman–Crippen MR) is 80.6 cm³/mol. The number of aromatic nitrogens is 1. The van der Waals surface area contributed by atoms with Crippen LogP contribution in [0.25, 0.3) is 0 Å². The van der Waals surface area contributed by atoms with Crippen molar-refractivity contribution in [2.24, 2.45) is 0 Å². The highest BCUT2D eigenvalue weighted by Crippen LogP contribution is 2.22. The van der Waals surface area contributed by atoms with Gasteiger partial charge in [0.25, 0.3) is 0 Å². The minimum atomic E-state index is -0.951. The highest BCUT2D eigenvalue weighted by atomic mass is 32.2. The fourth-order valence-corrected chi connectivity index (χ4v) is 2.90. The number of nitrogens with zero attached hydrogens (tertiary/aromatic N) is 1. The number of carbonyl (C=O) groups is 3. The first kappa shape index (κ1) is 17.4. The zero-order valence-corrected chi connectivity index (χ0v) is 13.6. The summed E-state index contributed by atoms with van der Waals surface area (Å²) in [5.74, 6) is -1.34. The Morgan fingerprint density at radius 1 is 1.38 bits per heavy atom. The monoisotopic (exact) mass is 331 g/mol. The highest BCUT2D eigenvalue weighted by molar-refractivity contribution is 8.01. The standard InChI is InChI=1S/C12H17N3O4S2/c1-12(2,3)15-10(19)14-8(16)6-21-11-13-7(5-20-11)4-9(17)18/h5H,4,6H2,1-3H3,(H,17,18)(H2,14,15,16,19). The molecule has 0 saturated heterocycles. The number of aliphatic carboxylic acids is 1. The number of rotatable bonds is 5. The van der Waals surface area contributed by atoms with Gasteiger partial charge in [0.2, 0.25) is 5.91 Å². The predicted octanol–water partition coefficient (Wildman–Crippen LogP) is 1.49. The molecule has 0 bridgehead atoms. The Labute approximate surface area is 130 Å². The Kier molecular flexibility index (Phi) is 6.16. The van der Waals surface area contributed by atoms with Gasteiger partial charge in [-0.15, -0.1) is 11.3 Å². The largest absolute Gasteiger partial charge is 0.481 e. The van der Waals surface area contributed by atoms with Crippen LogP contribution in [-0.4, -0.2) is 39.3 Å². The molecule has 0 aliphatic heterocycles. The minimum Gasteiger partial charge on any atom is -0.481 e. The van der Waals surface area contributed by atoms with E-state index in [1.807, 2.05) is 20.8 Å². The van der Waals surface area contributed by atoms with Gasteiger partial charge >= 0.3 is 12.0 Å². The summed E-state index contributed by atoms with van der Waals surface area (Å²) in [5, 5.41) is 15.1. The van der Waals surface area contributed by atoms with E-state index in [2.05, 4.69) is 15.6 Å². The highest BCUT2D eigenvalue weighted by Gasteiger charge is 2.16. The van der Waals surface area contributed by atoms with Gasteiger partial charge in [0.1, 0.15) is 0 Å². The minimum absolute atomic E-state index is 0.0393. The number of thiazole rings is 1. The lowest BCUT2D eigenvalue weighted by molar-refractivity contribution is -0.136. The molecular formula is C12H17N3O4S2. The Balaban J connectivity index is 2.37. The third kappa shape index (κ3) is 7.66. The van der Waals surface area contributed by atoms with Crippen LogP contribution in [0.1, 0.15) is 26.5 Å². The van der Waals surface area contributed by atoms with E-state index in [-0.39, 0.29) is 12.2 Å². The average Bonchev–Trinajstić information content (AvgIpc) is 2.70. The zero-order chi connectivity index (χ0) is 16.0. The topological polar surface area (TPSA) is 108 Å². The first-order valence-electron chi connectivity index (χ1n) is 6.07. The van der Waals surface area contributed by atoms with Gasteiger partial charge in [-0.25, -0.2) is 9.78 Å². The molecule has 21 heavy (non-hydrogen) atoms. The van der Waals surface area contributed by atoms with Crippen LogP contribution in [0.4, 0.5) is 4.79 Å². The molecule has 0 radical (unpaired) electrons. The molecule has 1 heterocycles. The number of amides is 3. The molecule has 116 valence electrons. The maximum absolute atomic E-state index is 11.6. The van der Waals surface area contributed by atoms with Crippen molar-refractivity contribution in [2.45, 2.75) is 37.1 Å². The Hall–Kier alpha value is -1.61. The van der Waals surface area contributed by atoms with Crippen LogP contribution in [0.2, 0.25) is 0 Å². The molecule has 0 aliphatic rings. The van der Waals surface area contributed by atoms with Crippen molar-refractivity contribution in [3.8, 4) is 0 Å². The van der Waals surface area contributed by atoms with Crippen LogP contribution in [0.3, 0.4) is 0 Å². The second kappa shape index (κ2) is 7.41. The van der Waals surface area contributed by atoms with Gasteiger partial charge in [0.05, 0.1) is 17.9 Å². The first-order valence-corrected chi connectivity index (χ1v) is 7.93. The summed E-state index contributed by atoms with van der Waals surface area (Å²) in [7, 11) is 0. The molecule has 0 aromatic carbocycles. The second-order valence-corrected chi connectivity index (χ2v) is 7.30. The van der Waals surface area contributed by atoms with Crippen molar-refractivity contribution in [1.82, 2.24) is 15.6 Å². The number of imide groups is 1. The average molecular weight is 331 g/mol. The van der Waals surface area contributed by atoms with Gasteiger partial charge in [-0.2, -0.15) is 0 Å². The summed E-state index contributed by atoms with van der Waals surface area (Å²) in [6, 6.07) is -0.543. The quantitative estimate of drug-likeness (QED) is 0.705. The number of urea groups is 1. The zero-order valence-electron chi connectivity index (χ0n) is 11.9. The number of thioether (sulfide) groups is 1. The van der Waals surface area contributed by atoms with E-state index in [4.69, 9.17) is 5.11 Å². The summed E-state index contributed by atoms with van der Waals surface area (Å²) < 4.78 is 0.595. The number of hydrogen-bond donors (Lipinski definition) is 3. The number of carboxylic acids is 1. The number of carboxylic acid groups (broad SMARTS) is 1. The van der Waals surface area contributed by atoms with Gasteiger partial charge in [0, 0.05) is 10.9 Å². The Morgan fingerprint density at radius 3 is 2.62 bits per heavy atom. The van der Waals surface area contributed by atoms with Gasteiger partial charge in [0.15, 0.2) is 4.34 Å². The summed E-state index contributed by atoms with van der Waals surface area (Å²) in [6.07, 6.45) is -0.142. The molecule has 0 saturated carbocycles. The Bertz CT molecular complexity index is 537. The molecule has 3 amide bonds. The SMILES string of the molecule is CC(C)(C)NC(=O)NC(=O)CSc1nc(CC(=O)O)cs1. The first-order chi connectivity index (χ1) is 9.65. The van der Waals surface area contributed by atoms with Crippen molar-refractivity contribution in [2.75, 3.05) is 5.75 Å². The molecule has 1 rings (SSSR count). The summed E-state index contributed by atoms with van der Waals surface area (Å²) in [6.45, 7) is 5.43. The Morgan fingerprint density at radius 2 is 2.05 bits per heavy atom. The van der Waals surface area contributed by atoms with Crippen molar-refractivity contribution in [3.05, 3.63) is 11.1 Å². The summed E-state index contributed by atoms with van der Waals surface area (Å²) in [5.41, 5.74) is 0.0410. The molecule has 7 nitrogen and oxygen atoms in total. The van der Waals surface area contributed by atoms with Gasteiger partial charge in [-0.1, -0.05) is 11.8 Å². The van der Waals surface area contributed by atoms with Crippen LogP contribution in [0, 0.1) is 0 Å². The van der Waals surface area contributed by atoms with E-state index in [9.17, 15) is 14.4 Å². The van der Waals surface area contributed by atoms with E-state index in [1.54, 1.807) is 5.38 Å². The number of nitrogens with one attached hydrogen (secondary N) is 2. The van der Waals surface area contributed by atoms with Crippen molar-refractivity contribution < 1.29 is 19.5 Å². The second-order valence-electron chi connectivity index (χ2n) is 5.22. The number of carbonyl (C=O) groups excluding carboxylic acids is 2. The van der Waals surface area contributed by atoms with Crippen LogP contribution in [0.5, 0.6) is 0 Å². The fraction of sp³-hybridized carbons (Fsp3) is 0.500. The van der Waals surface area contributed by atoms with Crippen LogP contribution < -0.4 is 10.6 Å². The molecular weight excluding hydrogens is 314 g/mol. The third-order valence-electron chi connectivity index (χ3n) is 1.93. The van der Waals surface area contributed by atoms with Gasteiger partial charge < -0.3 is 10.4 Å². The van der Waals surface area contributed by atoms with Crippen LogP contribution in [-0.2, 0) is 16.0 Å². The molecule has 1 aromatic heterocycles. The summed E-state index contributed by atoms with van der Waals surface area (Å²) in [4.78, 5) is 37.7. The van der Waals surface area contributed by atoms with E-state index in [0.29, 0.717) is 10.0 Å². The molecule has 0 fully saturated rings. The molecule has 0 aliphatic carbocycles. The molecule has 0 unspecified atom stereocenters. The van der Waals surface area contributed by atoms with E-state index in [1.165, 1.54) is 11.3 Å². The van der Waals surface area contributed by atoms with Crippen molar-refractivity contribution in [1.29, 1.82) is 0 Å². The van der Waals surface area contributed by atoms with Gasteiger partial charge in [-0.3, -0.25) is 14.9 Å². The van der Waals surface area contributed by atoms with E-state index in [0.717, 1.165) is 11.8 Å². The normalized spacial score (nSPS) is 11.0. The molecule has 1 aromatic rings. The summed E-state index contributed by atoms with van der Waals surface area (Å²) >= 11 is 2.43. The van der Waals surface area contributed by atoms with Crippen LogP contribution in [0.15, 0.2) is 9.72 Å². The van der Waals surface area contributed by atoms with Crippen molar-refractivity contribution in [3.63, 3.8) is 0 Å². The maximum atomic E-state index is 11.6.